The van der Waals surface area contributed by atoms with Gasteiger partial charge < -0.3 is 15.2 Å². The molecule has 2 aliphatic heterocycles. The molecule has 0 saturated carbocycles. The van der Waals surface area contributed by atoms with E-state index in [1.807, 2.05) is 11.8 Å². The summed E-state index contributed by atoms with van der Waals surface area (Å²) in [6.45, 7) is 2.94. The summed E-state index contributed by atoms with van der Waals surface area (Å²) in [6.07, 6.45) is 2.10. The number of hydrogen-bond donors (Lipinski definition) is 2. The first-order valence-electron chi connectivity index (χ1n) is 5.37. The quantitative estimate of drug-likeness (QED) is 0.719. The predicted molar refractivity (Wildman–Crippen MR) is 58.7 cm³/mol. The first-order chi connectivity index (χ1) is 6.79. The van der Waals surface area contributed by atoms with Gasteiger partial charge in [0.1, 0.15) is 5.60 Å². The zero-order valence-electron chi connectivity index (χ0n) is 8.50. The van der Waals surface area contributed by atoms with Crippen molar-refractivity contribution in [3.8, 4) is 0 Å². The maximum atomic E-state index is 9.97. The van der Waals surface area contributed by atoms with E-state index in [9.17, 15) is 5.11 Å². The number of ether oxygens (including phenoxy) is 1. The summed E-state index contributed by atoms with van der Waals surface area (Å²) >= 11 is 2.04. The third-order valence-corrected chi connectivity index (χ3v) is 4.23. The van der Waals surface area contributed by atoms with Crippen LogP contribution in [-0.2, 0) is 4.74 Å². The Bertz CT molecular complexity index is 177. The molecule has 2 rings (SSSR count). The molecule has 2 saturated heterocycles. The van der Waals surface area contributed by atoms with Gasteiger partial charge in [0.25, 0.3) is 0 Å². The van der Waals surface area contributed by atoms with Gasteiger partial charge in [0.2, 0.25) is 0 Å². The van der Waals surface area contributed by atoms with Crippen molar-refractivity contribution in [3.05, 3.63) is 0 Å². The molecule has 3 nitrogen and oxygen atoms in total. The zero-order valence-corrected chi connectivity index (χ0v) is 9.31. The molecule has 0 bridgehead atoms. The highest BCUT2D eigenvalue weighted by molar-refractivity contribution is 7.99. The van der Waals surface area contributed by atoms with Crippen molar-refractivity contribution in [2.45, 2.75) is 18.4 Å². The Morgan fingerprint density at radius 1 is 1.57 bits per heavy atom. The molecule has 2 heterocycles. The second kappa shape index (κ2) is 4.84. The van der Waals surface area contributed by atoms with Gasteiger partial charge in [0, 0.05) is 19.6 Å². The van der Waals surface area contributed by atoms with Crippen LogP contribution in [0.3, 0.4) is 0 Å². The fourth-order valence-electron chi connectivity index (χ4n) is 1.99. The van der Waals surface area contributed by atoms with Crippen molar-refractivity contribution in [1.29, 1.82) is 0 Å². The first-order valence-corrected chi connectivity index (χ1v) is 6.53. The minimum atomic E-state index is -0.592. The van der Waals surface area contributed by atoms with Crippen molar-refractivity contribution >= 4 is 11.8 Å². The third kappa shape index (κ3) is 2.86. The van der Waals surface area contributed by atoms with Gasteiger partial charge in [-0.2, -0.15) is 11.8 Å². The van der Waals surface area contributed by atoms with E-state index in [0.717, 1.165) is 18.9 Å². The standard InChI is InChI=1S/C10H19NO2S/c12-10(2-3-13-8-10)7-11-5-9-1-4-14-6-9/h9,11-12H,1-8H2. The van der Waals surface area contributed by atoms with Crippen LogP contribution in [0.25, 0.3) is 0 Å². The molecule has 2 unspecified atom stereocenters. The van der Waals surface area contributed by atoms with Crippen LogP contribution in [0.1, 0.15) is 12.8 Å². The average molecular weight is 217 g/mol. The van der Waals surface area contributed by atoms with E-state index in [1.54, 1.807) is 0 Å². The second-order valence-corrected chi connectivity index (χ2v) is 5.54. The van der Waals surface area contributed by atoms with Gasteiger partial charge in [-0.3, -0.25) is 0 Å². The van der Waals surface area contributed by atoms with Crippen LogP contribution in [0, 0.1) is 5.92 Å². The molecule has 0 aromatic rings. The normalized spacial score (nSPS) is 37.9. The van der Waals surface area contributed by atoms with Crippen LogP contribution in [0.4, 0.5) is 0 Å². The summed E-state index contributed by atoms with van der Waals surface area (Å²) in [7, 11) is 0. The zero-order chi connectivity index (χ0) is 9.86. The van der Waals surface area contributed by atoms with Gasteiger partial charge in [-0.1, -0.05) is 0 Å². The predicted octanol–water partition coefficient (Wildman–Crippen LogP) is 0.480. The Morgan fingerprint density at radius 3 is 3.14 bits per heavy atom. The molecule has 4 heteroatoms. The number of rotatable bonds is 4. The molecule has 0 aromatic heterocycles. The maximum Gasteiger partial charge on any atom is 0.102 e. The van der Waals surface area contributed by atoms with E-state index in [1.165, 1.54) is 17.9 Å². The SMILES string of the molecule is OC1(CNCC2CCSC2)CCOC1. The second-order valence-electron chi connectivity index (χ2n) is 4.39. The van der Waals surface area contributed by atoms with Crippen molar-refractivity contribution < 1.29 is 9.84 Å². The highest BCUT2D eigenvalue weighted by Gasteiger charge is 2.31. The van der Waals surface area contributed by atoms with E-state index in [0.29, 0.717) is 19.8 Å². The summed E-state index contributed by atoms with van der Waals surface area (Å²) in [5, 5.41) is 13.3. The molecule has 0 aromatic carbocycles. The van der Waals surface area contributed by atoms with E-state index >= 15 is 0 Å². The molecule has 82 valence electrons. The van der Waals surface area contributed by atoms with Gasteiger partial charge >= 0.3 is 0 Å². The Labute approximate surface area is 89.6 Å². The third-order valence-electron chi connectivity index (χ3n) is 2.99. The van der Waals surface area contributed by atoms with Gasteiger partial charge in [0.15, 0.2) is 0 Å². The lowest BCUT2D eigenvalue weighted by Gasteiger charge is -2.21. The molecular formula is C10H19NO2S. The van der Waals surface area contributed by atoms with Crippen molar-refractivity contribution in [2.75, 3.05) is 37.8 Å². The summed E-state index contributed by atoms with van der Waals surface area (Å²) in [4.78, 5) is 0. The lowest BCUT2D eigenvalue weighted by Crippen LogP contribution is -2.42. The first kappa shape index (κ1) is 10.7. The molecule has 0 aliphatic carbocycles. The fourth-order valence-corrected chi connectivity index (χ4v) is 3.27. The number of aliphatic hydroxyl groups is 1. The van der Waals surface area contributed by atoms with Crippen LogP contribution in [-0.4, -0.2) is 48.5 Å². The molecule has 2 aliphatic rings. The Hall–Kier alpha value is 0.230. The Balaban J connectivity index is 1.61. The highest BCUT2D eigenvalue weighted by Crippen LogP contribution is 2.23. The van der Waals surface area contributed by atoms with Gasteiger partial charge in [-0.05, 0) is 30.4 Å². The highest BCUT2D eigenvalue weighted by atomic mass is 32.2. The van der Waals surface area contributed by atoms with Gasteiger partial charge in [0.05, 0.1) is 6.61 Å². The monoisotopic (exact) mass is 217 g/mol. The summed E-state index contributed by atoms with van der Waals surface area (Å²) in [6, 6.07) is 0. The fraction of sp³-hybridized carbons (Fsp3) is 1.00. The topological polar surface area (TPSA) is 41.5 Å². The van der Waals surface area contributed by atoms with Crippen LogP contribution in [0.5, 0.6) is 0 Å². The largest absolute Gasteiger partial charge is 0.386 e. The van der Waals surface area contributed by atoms with Crippen LogP contribution >= 0.6 is 11.8 Å². The molecule has 2 fully saturated rings. The van der Waals surface area contributed by atoms with E-state index in [-0.39, 0.29) is 0 Å². The number of thioether (sulfide) groups is 1. The molecule has 2 atom stereocenters. The van der Waals surface area contributed by atoms with E-state index in [4.69, 9.17) is 4.74 Å². The lowest BCUT2D eigenvalue weighted by molar-refractivity contribution is 0.0266. The van der Waals surface area contributed by atoms with Crippen molar-refractivity contribution in [2.24, 2.45) is 5.92 Å². The summed E-state index contributed by atoms with van der Waals surface area (Å²) < 4.78 is 5.19. The molecule has 0 spiro atoms. The van der Waals surface area contributed by atoms with Crippen LogP contribution in [0.15, 0.2) is 0 Å². The average Bonchev–Trinajstić information content (AvgIpc) is 2.77. The smallest absolute Gasteiger partial charge is 0.102 e. The summed E-state index contributed by atoms with van der Waals surface area (Å²) in [5.74, 6) is 3.40. The van der Waals surface area contributed by atoms with Crippen LogP contribution < -0.4 is 5.32 Å². The van der Waals surface area contributed by atoms with Crippen molar-refractivity contribution in [1.82, 2.24) is 5.32 Å². The molecular weight excluding hydrogens is 198 g/mol. The Morgan fingerprint density at radius 2 is 2.50 bits per heavy atom. The minimum absolute atomic E-state index is 0.499. The molecule has 0 amide bonds. The van der Waals surface area contributed by atoms with E-state index < -0.39 is 5.60 Å². The molecule has 0 radical (unpaired) electrons. The minimum Gasteiger partial charge on any atom is -0.386 e. The van der Waals surface area contributed by atoms with Gasteiger partial charge in [-0.25, -0.2) is 0 Å². The van der Waals surface area contributed by atoms with Crippen LogP contribution in [0.2, 0.25) is 0 Å². The van der Waals surface area contributed by atoms with Gasteiger partial charge in [-0.15, -0.1) is 0 Å². The maximum absolute atomic E-state index is 9.97. The van der Waals surface area contributed by atoms with Crippen molar-refractivity contribution in [3.63, 3.8) is 0 Å². The Kier molecular flexibility index (Phi) is 3.71. The van der Waals surface area contributed by atoms with E-state index in [2.05, 4.69) is 5.32 Å². The molecule has 14 heavy (non-hydrogen) atoms. The molecule has 2 N–H and O–H groups in total. The summed E-state index contributed by atoms with van der Waals surface area (Å²) in [5.41, 5.74) is -0.592. The lowest BCUT2D eigenvalue weighted by atomic mass is 10.0. The number of hydrogen-bond acceptors (Lipinski definition) is 4. The number of nitrogens with one attached hydrogen (secondary N) is 1.